The molecule has 0 aliphatic carbocycles. The van der Waals surface area contributed by atoms with Crippen molar-refractivity contribution in [2.45, 2.75) is 540 Å². The predicted molar refractivity (Wildman–Crippen MR) is 426 cm³/mol. The van der Waals surface area contributed by atoms with Gasteiger partial charge in [0.1, 0.15) is 0 Å². The molecule has 0 heterocycles. The van der Waals surface area contributed by atoms with E-state index in [-0.39, 0.29) is 18.5 Å². The quantitative estimate of drug-likeness (QED) is 0.0320. The van der Waals surface area contributed by atoms with Gasteiger partial charge in [-0.05, 0) is 32.1 Å². The summed E-state index contributed by atoms with van der Waals surface area (Å²) in [5.41, 5.74) is 0. The zero-order valence-corrected chi connectivity index (χ0v) is 65.9. The van der Waals surface area contributed by atoms with Crippen LogP contribution >= 0.6 is 0 Å². The first kappa shape index (κ1) is 94.6. The fourth-order valence-electron chi connectivity index (χ4n) is 14.8. The lowest BCUT2D eigenvalue weighted by Gasteiger charge is -2.20. The van der Waals surface area contributed by atoms with Crippen LogP contribution in [-0.2, 0) is 14.3 Å². The van der Waals surface area contributed by atoms with Crippen LogP contribution in [0.4, 0.5) is 0 Å². The molecule has 572 valence electrons. The molecule has 2 unspecified atom stereocenters. The van der Waals surface area contributed by atoms with Crippen LogP contribution in [0.15, 0.2) is 12.2 Å². The maximum absolute atomic E-state index is 12.6. The van der Waals surface area contributed by atoms with E-state index in [4.69, 9.17) is 4.74 Å². The van der Waals surface area contributed by atoms with Gasteiger partial charge in [-0.3, -0.25) is 9.59 Å². The molecule has 0 aromatic rings. The summed E-state index contributed by atoms with van der Waals surface area (Å²) in [6.07, 6.45) is 111. The van der Waals surface area contributed by atoms with Gasteiger partial charge in [-0.1, -0.05) is 495 Å². The second-order valence-corrected chi connectivity index (χ2v) is 31.3. The Bertz CT molecular complexity index is 1470. The molecule has 96 heavy (non-hydrogen) atoms. The van der Waals surface area contributed by atoms with E-state index >= 15 is 0 Å². The maximum Gasteiger partial charge on any atom is 0.305 e. The molecule has 0 rings (SSSR count). The number of esters is 1. The molecule has 0 fully saturated rings. The highest BCUT2D eigenvalue weighted by Crippen LogP contribution is 2.22. The van der Waals surface area contributed by atoms with Crippen molar-refractivity contribution in [1.82, 2.24) is 5.32 Å². The van der Waals surface area contributed by atoms with E-state index in [9.17, 15) is 19.8 Å². The number of nitrogens with one attached hydrogen (secondary N) is 1. The molecule has 0 spiro atoms. The van der Waals surface area contributed by atoms with E-state index in [1.165, 1.54) is 462 Å². The number of ether oxygens (including phenoxy) is 1. The Hall–Kier alpha value is -1.40. The van der Waals surface area contributed by atoms with Gasteiger partial charge in [0.05, 0.1) is 25.4 Å². The Morgan fingerprint density at radius 3 is 0.708 bits per heavy atom. The minimum absolute atomic E-state index is 0.0298. The van der Waals surface area contributed by atoms with Crippen molar-refractivity contribution in [3.63, 3.8) is 0 Å². The summed E-state index contributed by atoms with van der Waals surface area (Å²) in [7, 11) is 0. The molecular formula is C90H177NO5. The van der Waals surface area contributed by atoms with Crippen LogP contribution in [0.5, 0.6) is 0 Å². The van der Waals surface area contributed by atoms with Crippen molar-refractivity contribution in [1.29, 1.82) is 0 Å². The largest absolute Gasteiger partial charge is 0.466 e. The van der Waals surface area contributed by atoms with Gasteiger partial charge in [0.2, 0.25) is 5.91 Å². The summed E-state index contributed by atoms with van der Waals surface area (Å²) in [5, 5.41) is 23.3. The highest BCUT2D eigenvalue weighted by Gasteiger charge is 2.18. The highest BCUT2D eigenvalue weighted by molar-refractivity contribution is 5.76. The molecular weight excluding hydrogens is 1170 g/mol. The fourth-order valence-corrected chi connectivity index (χ4v) is 14.8. The third-order valence-corrected chi connectivity index (χ3v) is 21.6. The summed E-state index contributed by atoms with van der Waals surface area (Å²) in [5.74, 6) is -0.0261. The molecule has 0 aliphatic heterocycles. The summed E-state index contributed by atoms with van der Waals surface area (Å²) in [4.78, 5) is 24.7. The monoisotopic (exact) mass is 1350 g/mol. The summed E-state index contributed by atoms with van der Waals surface area (Å²) < 4.78 is 5.53. The summed E-state index contributed by atoms with van der Waals surface area (Å²) >= 11 is 0. The van der Waals surface area contributed by atoms with Gasteiger partial charge >= 0.3 is 5.97 Å². The number of aliphatic hydroxyl groups is 2. The molecule has 3 N–H and O–H groups in total. The van der Waals surface area contributed by atoms with Gasteiger partial charge in [0, 0.05) is 12.8 Å². The average molecular weight is 1350 g/mol. The van der Waals surface area contributed by atoms with Crippen LogP contribution in [0.1, 0.15) is 528 Å². The Kier molecular flexibility index (Phi) is 84.8. The lowest BCUT2D eigenvalue weighted by Crippen LogP contribution is -2.45. The van der Waals surface area contributed by atoms with Gasteiger partial charge in [-0.15, -0.1) is 0 Å². The molecule has 6 heteroatoms. The van der Waals surface area contributed by atoms with Crippen molar-refractivity contribution in [3.8, 4) is 0 Å². The Morgan fingerprint density at radius 2 is 0.479 bits per heavy atom. The summed E-state index contributed by atoms with van der Waals surface area (Å²) in [6, 6.07) is -0.624. The number of unbranched alkanes of at least 4 members (excludes halogenated alkanes) is 75. The first-order chi connectivity index (χ1) is 47.5. The second kappa shape index (κ2) is 86.0. The van der Waals surface area contributed by atoms with E-state index in [1.807, 2.05) is 6.08 Å². The van der Waals surface area contributed by atoms with Crippen LogP contribution in [0.25, 0.3) is 0 Å². The molecule has 0 radical (unpaired) electrons. The fraction of sp³-hybridized carbons (Fsp3) is 0.956. The number of rotatable bonds is 86. The van der Waals surface area contributed by atoms with Crippen molar-refractivity contribution < 1.29 is 24.5 Å². The van der Waals surface area contributed by atoms with Gasteiger partial charge < -0.3 is 20.3 Å². The van der Waals surface area contributed by atoms with Gasteiger partial charge in [-0.25, -0.2) is 0 Å². The average Bonchev–Trinajstić information content (AvgIpc) is 2.31. The van der Waals surface area contributed by atoms with E-state index in [2.05, 4.69) is 19.2 Å². The molecule has 1 amide bonds. The Morgan fingerprint density at radius 1 is 0.281 bits per heavy atom. The number of allylic oxidation sites excluding steroid dienone is 1. The van der Waals surface area contributed by atoms with Crippen LogP contribution in [-0.4, -0.2) is 47.4 Å². The molecule has 2 atom stereocenters. The minimum atomic E-state index is -0.841. The number of aliphatic hydroxyl groups excluding tert-OH is 2. The molecule has 0 bridgehead atoms. The lowest BCUT2D eigenvalue weighted by atomic mass is 10.0. The van der Waals surface area contributed by atoms with Crippen LogP contribution in [0.3, 0.4) is 0 Å². The van der Waals surface area contributed by atoms with E-state index < -0.39 is 12.1 Å². The maximum atomic E-state index is 12.6. The first-order valence-corrected chi connectivity index (χ1v) is 45.0. The number of hydrogen-bond acceptors (Lipinski definition) is 5. The zero-order valence-electron chi connectivity index (χ0n) is 65.9. The topological polar surface area (TPSA) is 95.9 Å². The second-order valence-electron chi connectivity index (χ2n) is 31.3. The van der Waals surface area contributed by atoms with Crippen LogP contribution in [0.2, 0.25) is 0 Å². The third kappa shape index (κ3) is 81.6. The summed E-state index contributed by atoms with van der Waals surface area (Å²) in [6.45, 7) is 4.98. The third-order valence-electron chi connectivity index (χ3n) is 21.6. The molecule has 0 aliphatic rings. The minimum Gasteiger partial charge on any atom is -0.466 e. The van der Waals surface area contributed by atoms with Crippen LogP contribution < -0.4 is 5.32 Å². The van der Waals surface area contributed by atoms with Gasteiger partial charge in [0.25, 0.3) is 0 Å². The molecule has 0 aromatic carbocycles. The van der Waals surface area contributed by atoms with Crippen molar-refractivity contribution in [3.05, 3.63) is 12.2 Å². The van der Waals surface area contributed by atoms with Gasteiger partial charge in [-0.2, -0.15) is 0 Å². The predicted octanol–water partition coefficient (Wildman–Crippen LogP) is 30.2. The normalized spacial score (nSPS) is 12.4. The zero-order chi connectivity index (χ0) is 69.1. The highest BCUT2D eigenvalue weighted by atomic mass is 16.5. The Labute approximate surface area is 603 Å². The number of hydrogen-bond donors (Lipinski definition) is 3. The first-order valence-electron chi connectivity index (χ1n) is 45.0. The van der Waals surface area contributed by atoms with Crippen LogP contribution in [0, 0.1) is 0 Å². The smallest absolute Gasteiger partial charge is 0.305 e. The standard InChI is InChI=1S/C90H177NO5/c1-3-5-7-9-11-13-15-17-19-21-23-24-44-47-50-54-58-62-66-70-74-78-82-88(93)87(86-92)91-89(94)83-79-75-71-67-63-59-55-51-48-45-42-40-38-36-34-32-30-28-26-25-27-29-31-33-35-37-39-41-43-46-49-53-57-61-65-69-73-77-81-85-96-90(95)84-80-76-72-68-64-60-56-52-22-20-18-16-14-12-10-8-6-4-2/h78,82,87-88,92-93H,3-77,79-81,83-86H2,1-2H3,(H,91,94)/b82-78+. The van der Waals surface area contributed by atoms with E-state index in [1.54, 1.807) is 6.08 Å². The molecule has 6 nitrogen and oxygen atoms in total. The van der Waals surface area contributed by atoms with Gasteiger partial charge in [0.15, 0.2) is 0 Å². The molecule has 0 saturated carbocycles. The van der Waals surface area contributed by atoms with Crippen molar-refractivity contribution in [2.75, 3.05) is 13.2 Å². The number of carbonyl (C=O) groups is 2. The van der Waals surface area contributed by atoms with E-state index in [0.717, 1.165) is 38.5 Å². The van der Waals surface area contributed by atoms with E-state index in [0.29, 0.717) is 19.4 Å². The van der Waals surface area contributed by atoms with Crippen molar-refractivity contribution >= 4 is 11.9 Å². The number of carbonyl (C=O) groups excluding carboxylic acids is 2. The lowest BCUT2D eigenvalue weighted by molar-refractivity contribution is -0.143. The number of amides is 1. The SMILES string of the molecule is CCCCCCCCCCCCCCCCCCCCCC/C=C/C(O)C(CO)NC(=O)CCCCCCCCCCCCCCCCCCCCCCCCCCCCCCCCCCCCCCCCCOC(=O)CCCCCCCCCCCCCCCCCCCC. The molecule has 0 aromatic heterocycles. The molecule has 0 saturated heterocycles. The van der Waals surface area contributed by atoms with Crippen molar-refractivity contribution in [2.24, 2.45) is 0 Å². The Balaban J connectivity index is 3.30.